The van der Waals surface area contributed by atoms with Crippen LogP contribution in [0.3, 0.4) is 0 Å². The predicted molar refractivity (Wildman–Crippen MR) is 114 cm³/mol. The molecular formula is C21H23F4N3O4S. The highest BCUT2D eigenvalue weighted by molar-refractivity contribution is 7.92. The minimum absolute atomic E-state index is 0.00222. The van der Waals surface area contributed by atoms with Crippen LogP contribution in [-0.4, -0.2) is 52.3 Å². The van der Waals surface area contributed by atoms with Crippen LogP contribution in [0.2, 0.25) is 0 Å². The molecule has 33 heavy (non-hydrogen) atoms. The molecule has 1 saturated heterocycles. The molecule has 180 valence electrons. The number of alkyl halides is 3. The number of halogens is 4. The molecule has 12 heteroatoms. The maximum atomic E-state index is 14.7. The van der Waals surface area contributed by atoms with Gasteiger partial charge in [-0.05, 0) is 50.2 Å². The second-order valence-electron chi connectivity index (χ2n) is 7.76. The van der Waals surface area contributed by atoms with Gasteiger partial charge >= 0.3 is 6.18 Å². The fraction of sp³-hybridized carbons (Fsp3) is 0.381. The maximum absolute atomic E-state index is 14.7. The highest BCUT2D eigenvalue weighted by Gasteiger charge is 2.28. The number of hydrogen-bond donors (Lipinski definition) is 2. The Labute approximate surface area is 188 Å². The van der Waals surface area contributed by atoms with Gasteiger partial charge in [-0.2, -0.15) is 13.2 Å². The zero-order valence-electron chi connectivity index (χ0n) is 17.8. The van der Waals surface area contributed by atoms with Crippen molar-refractivity contribution in [2.45, 2.75) is 37.1 Å². The molecule has 2 aromatic rings. The molecule has 0 aromatic heterocycles. The lowest BCUT2D eigenvalue weighted by Gasteiger charge is -2.37. The smallest absolute Gasteiger partial charge is 0.372 e. The van der Waals surface area contributed by atoms with Gasteiger partial charge < -0.3 is 15.0 Å². The Bertz CT molecular complexity index is 1100. The van der Waals surface area contributed by atoms with Gasteiger partial charge in [0.25, 0.3) is 15.9 Å². The molecule has 2 N–H and O–H groups in total. The first-order valence-corrected chi connectivity index (χ1v) is 11.5. The van der Waals surface area contributed by atoms with Gasteiger partial charge in [-0.15, -0.1) is 0 Å². The number of morpholine rings is 1. The summed E-state index contributed by atoms with van der Waals surface area (Å²) in [6.07, 6.45) is -4.72. The monoisotopic (exact) mass is 489 g/mol. The predicted octanol–water partition coefficient (Wildman–Crippen LogP) is 3.53. The third kappa shape index (κ3) is 6.57. The summed E-state index contributed by atoms with van der Waals surface area (Å²) >= 11 is 0. The van der Waals surface area contributed by atoms with Crippen molar-refractivity contribution in [3.05, 3.63) is 53.8 Å². The van der Waals surface area contributed by atoms with Crippen LogP contribution in [-0.2, 0) is 14.8 Å². The Hall–Kier alpha value is -2.86. The maximum Gasteiger partial charge on any atom is 0.405 e. The van der Waals surface area contributed by atoms with Gasteiger partial charge in [0.2, 0.25) is 0 Å². The summed E-state index contributed by atoms with van der Waals surface area (Å²) in [5.74, 6) is -1.60. The summed E-state index contributed by atoms with van der Waals surface area (Å²) in [5, 5.41) is 1.70. The van der Waals surface area contributed by atoms with Gasteiger partial charge in [0.15, 0.2) is 0 Å². The van der Waals surface area contributed by atoms with Gasteiger partial charge in [0.05, 0.1) is 28.5 Å². The fourth-order valence-corrected chi connectivity index (χ4v) is 4.53. The molecule has 0 spiro atoms. The number of hydrogen-bond acceptors (Lipinski definition) is 5. The van der Waals surface area contributed by atoms with Crippen LogP contribution in [0.1, 0.15) is 24.2 Å². The van der Waals surface area contributed by atoms with Crippen LogP contribution in [0, 0.1) is 5.82 Å². The van der Waals surface area contributed by atoms with E-state index in [-0.39, 0.29) is 28.4 Å². The average Bonchev–Trinajstić information content (AvgIpc) is 2.70. The molecule has 1 amide bonds. The van der Waals surface area contributed by atoms with Gasteiger partial charge in [-0.3, -0.25) is 9.52 Å². The number of nitrogens with zero attached hydrogens (tertiary/aromatic N) is 1. The van der Waals surface area contributed by atoms with Gasteiger partial charge in [-0.1, -0.05) is 0 Å². The lowest BCUT2D eigenvalue weighted by Crippen LogP contribution is -2.45. The number of rotatable bonds is 6. The van der Waals surface area contributed by atoms with Crippen LogP contribution < -0.4 is 14.9 Å². The van der Waals surface area contributed by atoms with Crippen molar-refractivity contribution in [3.8, 4) is 0 Å². The van der Waals surface area contributed by atoms with Crippen LogP contribution in [0.4, 0.5) is 28.9 Å². The zero-order chi connectivity index (χ0) is 24.4. The SMILES string of the molecule is CC1CN(c2ccc(NS(=O)(=O)c3ccc(C(=O)NCC(F)(F)F)cc3)cc2F)CC(C)O1. The third-order valence-electron chi connectivity index (χ3n) is 4.84. The summed E-state index contributed by atoms with van der Waals surface area (Å²) in [4.78, 5) is 13.3. The largest absolute Gasteiger partial charge is 0.405 e. The molecule has 1 aliphatic rings. The molecule has 2 aromatic carbocycles. The van der Waals surface area contributed by atoms with Crippen molar-refractivity contribution < 1.29 is 35.5 Å². The lowest BCUT2D eigenvalue weighted by molar-refractivity contribution is -0.123. The molecule has 2 atom stereocenters. The van der Waals surface area contributed by atoms with Crippen molar-refractivity contribution in [2.24, 2.45) is 0 Å². The van der Waals surface area contributed by atoms with Crippen molar-refractivity contribution in [2.75, 3.05) is 29.3 Å². The molecule has 0 radical (unpaired) electrons. The van der Waals surface area contributed by atoms with Crippen LogP contribution in [0.5, 0.6) is 0 Å². The van der Waals surface area contributed by atoms with E-state index >= 15 is 0 Å². The summed E-state index contributed by atoms with van der Waals surface area (Å²) in [5.41, 5.74) is 0.189. The van der Waals surface area contributed by atoms with Crippen molar-refractivity contribution in [3.63, 3.8) is 0 Å². The van der Waals surface area contributed by atoms with E-state index in [1.807, 2.05) is 18.7 Å². The second-order valence-corrected chi connectivity index (χ2v) is 9.44. The number of nitrogens with one attached hydrogen (secondary N) is 2. The number of ether oxygens (including phenoxy) is 1. The molecule has 1 aliphatic heterocycles. The zero-order valence-corrected chi connectivity index (χ0v) is 18.6. The van der Waals surface area contributed by atoms with E-state index in [4.69, 9.17) is 4.74 Å². The quantitative estimate of drug-likeness (QED) is 0.607. The van der Waals surface area contributed by atoms with E-state index in [9.17, 15) is 30.8 Å². The van der Waals surface area contributed by atoms with E-state index in [1.165, 1.54) is 12.1 Å². The normalized spacial score (nSPS) is 19.3. The molecule has 0 bridgehead atoms. The van der Waals surface area contributed by atoms with Crippen LogP contribution >= 0.6 is 0 Å². The summed E-state index contributed by atoms with van der Waals surface area (Å²) in [6, 6.07) is 8.30. The van der Waals surface area contributed by atoms with E-state index < -0.39 is 34.5 Å². The number of carbonyl (C=O) groups excluding carboxylic acids is 1. The number of carbonyl (C=O) groups is 1. The molecule has 7 nitrogen and oxygen atoms in total. The standard InChI is InChI=1S/C21H23F4N3O4S/c1-13-10-28(11-14(2)32-13)19-8-5-16(9-18(19)22)27-33(30,31)17-6-3-15(4-7-17)20(29)26-12-21(23,24)25/h3-9,13-14,27H,10-12H2,1-2H3,(H,26,29). The average molecular weight is 489 g/mol. The Morgan fingerprint density at radius 2 is 1.70 bits per heavy atom. The number of sulfonamides is 1. The van der Waals surface area contributed by atoms with Crippen molar-refractivity contribution in [1.82, 2.24) is 5.32 Å². The first kappa shape index (κ1) is 24.8. The second kappa shape index (κ2) is 9.56. The number of benzene rings is 2. The molecular weight excluding hydrogens is 466 g/mol. The molecule has 2 unspecified atom stereocenters. The Balaban J connectivity index is 1.70. The lowest BCUT2D eigenvalue weighted by atomic mass is 10.2. The molecule has 0 aliphatic carbocycles. The minimum Gasteiger partial charge on any atom is -0.372 e. The van der Waals surface area contributed by atoms with Crippen LogP contribution in [0.25, 0.3) is 0 Å². The Morgan fingerprint density at radius 3 is 2.24 bits per heavy atom. The topological polar surface area (TPSA) is 87.7 Å². The summed E-state index contributed by atoms with van der Waals surface area (Å²) in [7, 11) is -4.13. The Morgan fingerprint density at radius 1 is 1.09 bits per heavy atom. The van der Waals surface area contributed by atoms with Gasteiger partial charge in [0.1, 0.15) is 12.4 Å². The van der Waals surface area contributed by atoms with Crippen molar-refractivity contribution >= 4 is 27.3 Å². The third-order valence-corrected chi connectivity index (χ3v) is 6.23. The summed E-state index contributed by atoms with van der Waals surface area (Å²) < 4.78 is 84.5. The van der Waals surface area contributed by atoms with Gasteiger partial charge in [-0.25, -0.2) is 12.8 Å². The molecule has 3 rings (SSSR count). The first-order valence-electron chi connectivity index (χ1n) is 10.0. The first-order chi connectivity index (χ1) is 15.3. The highest BCUT2D eigenvalue weighted by atomic mass is 32.2. The van der Waals surface area contributed by atoms with E-state index in [0.717, 1.165) is 30.3 Å². The van der Waals surface area contributed by atoms with E-state index in [2.05, 4.69) is 4.72 Å². The number of amides is 1. The fourth-order valence-electron chi connectivity index (χ4n) is 3.48. The van der Waals surface area contributed by atoms with E-state index in [1.54, 1.807) is 5.32 Å². The number of anilines is 2. The minimum atomic E-state index is -4.56. The summed E-state index contributed by atoms with van der Waals surface area (Å²) in [6.45, 7) is 3.25. The van der Waals surface area contributed by atoms with Gasteiger partial charge in [0, 0.05) is 24.7 Å². The van der Waals surface area contributed by atoms with Crippen LogP contribution in [0.15, 0.2) is 47.4 Å². The van der Waals surface area contributed by atoms with Crippen molar-refractivity contribution in [1.29, 1.82) is 0 Å². The molecule has 0 saturated carbocycles. The van der Waals surface area contributed by atoms with E-state index in [0.29, 0.717) is 18.8 Å². The molecule has 1 fully saturated rings. The molecule has 1 heterocycles. The highest BCUT2D eigenvalue weighted by Crippen LogP contribution is 2.27. The Kier molecular flexibility index (Phi) is 7.17.